The molecule has 2 aromatic heterocycles. The number of aromatic nitrogens is 2. The monoisotopic (exact) mass is 436 g/mol. The maximum atomic E-state index is 12.1. The number of halogens is 1. The first-order valence-electron chi connectivity index (χ1n) is 9.49. The Kier molecular flexibility index (Phi) is 5.79. The van der Waals surface area contributed by atoms with Gasteiger partial charge in [-0.1, -0.05) is 41.6 Å². The van der Waals surface area contributed by atoms with Crippen LogP contribution in [0.5, 0.6) is 0 Å². The van der Waals surface area contributed by atoms with Crippen molar-refractivity contribution in [1.82, 2.24) is 14.9 Å². The summed E-state index contributed by atoms with van der Waals surface area (Å²) in [6.45, 7) is 4.54. The van der Waals surface area contributed by atoms with Crippen LogP contribution < -0.4 is 5.73 Å². The van der Waals surface area contributed by atoms with E-state index in [4.69, 9.17) is 17.3 Å². The number of nitrogens with two attached hydrogens (primary N) is 1. The number of amides is 1. The lowest BCUT2D eigenvalue weighted by Gasteiger charge is -2.22. The van der Waals surface area contributed by atoms with Gasteiger partial charge in [0.25, 0.3) is 5.91 Å². The van der Waals surface area contributed by atoms with E-state index in [0.29, 0.717) is 11.6 Å². The van der Waals surface area contributed by atoms with Crippen LogP contribution in [0.25, 0.3) is 16.2 Å². The highest BCUT2D eigenvalue weighted by Crippen LogP contribution is 2.40. The third kappa shape index (κ3) is 4.35. The molecule has 0 fully saturated rings. The summed E-state index contributed by atoms with van der Waals surface area (Å²) in [4.78, 5) is 23.9. The van der Waals surface area contributed by atoms with Crippen molar-refractivity contribution < 1.29 is 4.79 Å². The predicted octanol–water partition coefficient (Wildman–Crippen LogP) is 4.77. The van der Waals surface area contributed by atoms with Crippen molar-refractivity contribution in [1.29, 1.82) is 0 Å². The molecule has 1 aliphatic rings. The van der Waals surface area contributed by atoms with Crippen LogP contribution in [0, 0.1) is 13.8 Å². The molecule has 1 aliphatic heterocycles. The Labute approximate surface area is 185 Å². The molecule has 152 valence electrons. The molecule has 3 heterocycles. The molecule has 0 bridgehead atoms. The second-order valence-electron chi connectivity index (χ2n) is 7.24. The number of aryl methyl sites for hydroxylation is 2. The molecule has 1 atom stereocenters. The first-order chi connectivity index (χ1) is 14.4. The number of carbonyl (C=O) groups excluding carboxylic acids is 1. The fourth-order valence-corrected chi connectivity index (χ4v) is 4.77. The van der Waals surface area contributed by atoms with Crippen molar-refractivity contribution in [2.75, 3.05) is 0 Å². The summed E-state index contributed by atoms with van der Waals surface area (Å²) in [6, 6.07) is 13.7. The van der Waals surface area contributed by atoms with Gasteiger partial charge in [0.05, 0.1) is 5.69 Å². The zero-order valence-corrected chi connectivity index (χ0v) is 18.2. The van der Waals surface area contributed by atoms with E-state index in [1.54, 1.807) is 6.20 Å². The molecular weight excluding hydrogens is 416 g/mol. The lowest BCUT2D eigenvalue weighted by atomic mass is 10.1. The molecule has 3 aromatic rings. The minimum atomic E-state index is -0.471. The number of carbonyl (C=O) groups is 1. The molecule has 30 heavy (non-hydrogen) atoms. The van der Waals surface area contributed by atoms with Crippen molar-refractivity contribution in [3.8, 4) is 11.3 Å². The van der Waals surface area contributed by atoms with E-state index in [1.807, 2.05) is 67.5 Å². The zero-order valence-electron chi connectivity index (χ0n) is 16.7. The number of hydrogen-bond donors (Lipinski definition) is 1. The molecule has 1 amide bonds. The number of primary amides is 1. The molecule has 5 nitrogen and oxygen atoms in total. The van der Waals surface area contributed by atoms with Crippen LogP contribution in [0.3, 0.4) is 0 Å². The van der Waals surface area contributed by atoms with Gasteiger partial charge >= 0.3 is 0 Å². The van der Waals surface area contributed by atoms with Gasteiger partial charge in [-0.3, -0.25) is 14.8 Å². The molecule has 1 aromatic carbocycles. The Bertz CT molecular complexity index is 1150. The summed E-state index contributed by atoms with van der Waals surface area (Å²) in [5.41, 5.74) is 11.7. The van der Waals surface area contributed by atoms with E-state index in [-0.39, 0.29) is 5.91 Å². The van der Waals surface area contributed by atoms with Gasteiger partial charge in [0, 0.05) is 46.3 Å². The molecule has 4 rings (SSSR count). The molecule has 0 aliphatic carbocycles. The molecule has 0 saturated carbocycles. The molecule has 0 saturated heterocycles. The average Bonchev–Trinajstić information content (AvgIpc) is 3.12. The molecule has 2 N–H and O–H groups in total. The van der Waals surface area contributed by atoms with Gasteiger partial charge in [-0.15, -0.1) is 0 Å². The maximum Gasteiger partial charge on any atom is 0.251 e. The highest BCUT2D eigenvalue weighted by atomic mass is 35.5. The van der Waals surface area contributed by atoms with Gasteiger partial charge < -0.3 is 10.6 Å². The van der Waals surface area contributed by atoms with Crippen molar-refractivity contribution in [2.24, 2.45) is 5.73 Å². The second-order valence-corrected chi connectivity index (χ2v) is 8.80. The smallest absolute Gasteiger partial charge is 0.251 e. The molecule has 1 unspecified atom stereocenters. The summed E-state index contributed by atoms with van der Waals surface area (Å²) < 4.78 is 0. The highest BCUT2D eigenvalue weighted by molar-refractivity contribution is 8.09. The highest BCUT2D eigenvalue weighted by Gasteiger charge is 2.30. The molecule has 0 spiro atoms. The van der Waals surface area contributed by atoms with Crippen molar-refractivity contribution in [3.63, 3.8) is 0 Å². The molecule has 7 heteroatoms. The van der Waals surface area contributed by atoms with Crippen LogP contribution in [0.15, 0.2) is 61.1 Å². The summed E-state index contributed by atoms with van der Waals surface area (Å²) in [5, 5.41) is 0.187. The van der Waals surface area contributed by atoms with Gasteiger partial charge in [-0.05, 0) is 54.8 Å². The van der Waals surface area contributed by atoms with Gasteiger partial charge in [-0.2, -0.15) is 0 Å². The Balaban J connectivity index is 1.60. The third-order valence-corrected chi connectivity index (χ3v) is 6.40. The number of pyridine rings is 2. The standard InChI is InChI=1S/C23H21ClN4OS/c1-14-8-16(11-27-21(14)18-6-7-26-15(2)9-18)12-28-13-20(30-23(28)22(25)29)17-4-3-5-19(24)10-17/h3-11,13,23H,12H2,1-2H3,(H2,25,29). The number of nitrogens with zero attached hydrogens (tertiary/aromatic N) is 3. The summed E-state index contributed by atoms with van der Waals surface area (Å²) in [5.74, 6) is -0.373. The zero-order chi connectivity index (χ0) is 21.3. The van der Waals surface area contributed by atoms with E-state index in [0.717, 1.165) is 38.5 Å². The Morgan fingerprint density at radius 3 is 2.70 bits per heavy atom. The second kappa shape index (κ2) is 8.50. The average molecular weight is 437 g/mol. The third-order valence-electron chi connectivity index (χ3n) is 4.85. The largest absolute Gasteiger partial charge is 0.367 e. The van der Waals surface area contributed by atoms with Crippen LogP contribution in [0.4, 0.5) is 0 Å². The molecular formula is C23H21ClN4OS. The van der Waals surface area contributed by atoms with Gasteiger partial charge in [-0.25, -0.2) is 0 Å². The number of thioether (sulfide) groups is 1. The van der Waals surface area contributed by atoms with E-state index < -0.39 is 5.37 Å². The van der Waals surface area contributed by atoms with Gasteiger partial charge in [0.1, 0.15) is 0 Å². The normalized spacial score (nSPS) is 15.9. The number of rotatable bonds is 5. The first kappa shape index (κ1) is 20.4. The minimum Gasteiger partial charge on any atom is -0.367 e. The summed E-state index contributed by atoms with van der Waals surface area (Å²) in [6.07, 6.45) is 5.62. The SMILES string of the molecule is Cc1cc(-c2ncc(CN3C=C(c4cccc(Cl)c4)SC3C(N)=O)cc2C)ccn1. The predicted molar refractivity (Wildman–Crippen MR) is 122 cm³/mol. The first-order valence-corrected chi connectivity index (χ1v) is 10.7. The molecule has 0 radical (unpaired) electrons. The number of benzene rings is 1. The van der Waals surface area contributed by atoms with E-state index >= 15 is 0 Å². The topological polar surface area (TPSA) is 72.1 Å². The minimum absolute atomic E-state index is 0.373. The Morgan fingerprint density at radius 1 is 1.17 bits per heavy atom. The van der Waals surface area contributed by atoms with Gasteiger partial charge in [0.15, 0.2) is 5.37 Å². The summed E-state index contributed by atoms with van der Waals surface area (Å²) in [7, 11) is 0. The Hall–Kier alpha value is -2.83. The van der Waals surface area contributed by atoms with Crippen LogP contribution in [0.1, 0.15) is 22.4 Å². The fourth-order valence-electron chi connectivity index (χ4n) is 3.50. The van der Waals surface area contributed by atoms with Gasteiger partial charge in [0.2, 0.25) is 0 Å². The quantitative estimate of drug-likeness (QED) is 0.623. The van der Waals surface area contributed by atoms with Crippen molar-refractivity contribution >= 4 is 34.2 Å². The van der Waals surface area contributed by atoms with Crippen LogP contribution in [0.2, 0.25) is 5.02 Å². The lowest BCUT2D eigenvalue weighted by Crippen LogP contribution is -2.36. The van der Waals surface area contributed by atoms with E-state index in [1.165, 1.54) is 11.8 Å². The van der Waals surface area contributed by atoms with Crippen molar-refractivity contribution in [3.05, 3.63) is 88.5 Å². The lowest BCUT2D eigenvalue weighted by molar-refractivity contribution is -0.119. The fraction of sp³-hybridized carbons (Fsp3) is 0.174. The van der Waals surface area contributed by atoms with E-state index in [9.17, 15) is 4.79 Å². The maximum absolute atomic E-state index is 12.1. The summed E-state index contributed by atoms with van der Waals surface area (Å²) >= 11 is 7.57. The van der Waals surface area contributed by atoms with Crippen LogP contribution >= 0.6 is 23.4 Å². The van der Waals surface area contributed by atoms with Crippen LogP contribution in [-0.2, 0) is 11.3 Å². The van der Waals surface area contributed by atoms with Crippen molar-refractivity contribution in [2.45, 2.75) is 25.8 Å². The van der Waals surface area contributed by atoms with E-state index in [2.05, 4.69) is 16.0 Å². The van der Waals surface area contributed by atoms with Crippen LogP contribution in [-0.4, -0.2) is 26.1 Å². The number of hydrogen-bond acceptors (Lipinski definition) is 5. The Morgan fingerprint density at radius 2 is 2.00 bits per heavy atom.